The van der Waals surface area contributed by atoms with Gasteiger partial charge in [0.1, 0.15) is 0 Å². The molecule has 2 rings (SSSR count). The van der Waals surface area contributed by atoms with E-state index in [4.69, 9.17) is 11.6 Å². The van der Waals surface area contributed by atoms with E-state index in [1.54, 1.807) is 6.07 Å². The third kappa shape index (κ3) is 3.73. The van der Waals surface area contributed by atoms with Crippen molar-refractivity contribution >= 4 is 23.3 Å². The first kappa shape index (κ1) is 13.4. The van der Waals surface area contributed by atoms with Gasteiger partial charge in [0.05, 0.1) is 10.7 Å². The van der Waals surface area contributed by atoms with E-state index in [0.717, 1.165) is 11.1 Å². The van der Waals surface area contributed by atoms with Gasteiger partial charge in [0, 0.05) is 6.54 Å². The summed E-state index contributed by atoms with van der Waals surface area (Å²) >= 11 is 6.05. The Morgan fingerprint density at radius 3 is 2.53 bits per heavy atom. The number of urea groups is 1. The zero-order valence-corrected chi connectivity index (χ0v) is 11.4. The van der Waals surface area contributed by atoms with Crippen LogP contribution in [0.5, 0.6) is 0 Å². The first-order valence-electron chi connectivity index (χ1n) is 6.00. The van der Waals surface area contributed by atoms with Gasteiger partial charge >= 0.3 is 6.03 Å². The molecule has 0 saturated carbocycles. The summed E-state index contributed by atoms with van der Waals surface area (Å²) in [5.41, 5.74) is 2.63. The number of hydrogen-bond donors (Lipinski definition) is 2. The monoisotopic (exact) mass is 274 g/mol. The van der Waals surface area contributed by atoms with Gasteiger partial charge in [-0.1, -0.05) is 54.1 Å². The average Bonchev–Trinajstić information content (AvgIpc) is 2.42. The van der Waals surface area contributed by atoms with Crippen LogP contribution in [0.2, 0.25) is 5.02 Å². The lowest BCUT2D eigenvalue weighted by molar-refractivity contribution is 0.251. The van der Waals surface area contributed by atoms with Crippen LogP contribution in [0.3, 0.4) is 0 Å². The van der Waals surface area contributed by atoms with Crippen LogP contribution in [-0.4, -0.2) is 6.03 Å². The van der Waals surface area contributed by atoms with Crippen molar-refractivity contribution in [3.63, 3.8) is 0 Å². The number of benzene rings is 2. The number of aryl methyl sites for hydroxylation is 1. The molecule has 0 aromatic heterocycles. The minimum atomic E-state index is -0.264. The van der Waals surface area contributed by atoms with Gasteiger partial charge in [-0.05, 0) is 24.1 Å². The molecule has 2 aromatic rings. The quantitative estimate of drug-likeness (QED) is 0.874. The van der Waals surface area contributed by atoms with Crippen molar-refractivity contribution in [2.75, 3.05) is 5.32 Å². The summed E-state index contributed by atoms with van der Waals surface area (Å²) in [6.07, 6.45) is 0. The van der Waals surface area contributed by atoms with Crippen molar-refractivity contribution in [1.82, 2.24) is 5.32 Å². The standard InChI is InChI=1S/C15H15ClN2O/c1-11-6-5-9-13(16)14(11)18-15(19)17-10-12-7-3-2-4-8-12/h2-9H,10H2,1H3,(H2,17,18,19). The topological polar surface area (TPSA) is 41.1 Å². The highest BCUT2D eigenvalue weighted by Gasteiger charge is 2.07. The summed E-state index contributed by atoms with van der Waals surface area (Å²) < 4.78 is 0. The van der Waals surface area contributed by atoms with Gasteiger partial charge in [0.25, 0.3) is 0 Å². The van der Waals surface area contributed by atoms with Crippen LogP contribution in [0.25, 0.3) is 0 Å². The van der Waals surface area contributed by atoms with Crippen molar-refractivity contribution in [3.05, 3.63) is 64.7 Å². The van der Waals surface area contributed by atoms with Gasteiger partial charge in [-0.2, -0.15) is 0 Å². The Kier molecular flexibility index (Phi) is 4.42. The molecule has 0 bridgehead atoms. The molecule has 2 N–H and O–H groups in total. The van der Waals surface area contributed by atoms with Crippen molar-refractivity contribution in [3.8, 4) is 0 Å². The summed E-state index contributed by atoms with van der Waals surface area (Å²) in [4.78, 5) is 11.8. The molecule has 4 heteroatoms. The molecule has 0 aliphatic rings. The van der Waals surface area contributed by atoms with E-state index in [0.29, 0.717) is 17.3 Å². The number of hydrogen-bond acceptors (Lipinski definition) is 1. The molecular weight excluding hydrogens is 260 g/mol. The number of rotatable bonds is 3. The van der Waals surface area contributed by atoms with Crippen LogP contribution in [-0.2, 0) is 6.54 Å². The molecule has 0 fully saturated rings. The van der Waals surface area contributed by atoms with Crippen molar-refractivity contribution < 1.29 is 4.79 Å². The number of carbonyl (C=O) groups is 1. The third-order valence-electron chi connectivity index (χ3n) is 2.76. The fourth-order valence-electron chi connectivity index (χ4n) is 1.73. The minimum Gasteiger partial charge on any atom is -0.334 e. The predicted molar refractivity (Wildman–Crippen MR) is 78.5 cm³/mol. The van der Waals surface area contributed by atoms with E-state index in [1.807, 2.05) is 49.4 Å². The first-order valence-corrected chi connectivity index (χ1v) is 6.38. The molecule has 0 saturated heterocycles. The van der Waals surface area contributed by atoms with Crippen LogP contribution >= 0.6 is 11.6 Å². The van der Waals surface area contributed by atoms with Crippen LogP contribution in [0.4, 0.5) is 10.5 Å². The van der Waals surface area contributed by atoms with Gasteiger partial charge in [-0.15, -0.1) is 0 Å². The highest BCUT2D eigenvalue weighted by atomic mass is 35.5. The Balaban J connectivity index is 1.95. The molecule has 0 heterocycles. The fourth-order valence-corrected chi connectivity index (χ4v) is 2.00. The van der Waals surface area contributed by atoms with Gasteiger partial charge in [0.2, 0.25) is 0 Å². The molecule has 0 aliphatic heterocycles. The summed E-state index contributed by atoms with van der Waals surface area (Å²) in [7, 11) is 0. The molecule has 0 spiro atoms. The summed E-state index contributed by atoms with van der Waals surface area (Å²) in [6.45, 7) is 2.38. The molecule has 98 valence electrons. The normalized spacial score (nSPS) is 10.0. The third-order valence-corrected chi connectivity index (χ3v) is 3.07. The van der Waals surface area contributed by atoms with Gasteiger partial charge < -0.3 is 10.6 Å². The maximum absolute atomic E-state index is 11.8. The lowest BCUT2D eigenvalue weighted by atomic mass is 10.2. The Bertz CT molecular complexity index is 549. The predicted octanol–water partition coefficient (Wildman–Crippen LogP) is 3.97. The smallest absolute Gasteiger partial charge is 0.319 e. The average molecular weight is 275 g/mol. The minimum absolute atomic E-state index is 0.264. The summed E-state index contributed by atoms with van der Waals surface area (Å²) in [6, 6.07) is 15.0. The summed E-state index contributed by atoms with van der Waals surface area (Å²) in [5, 5.41) is 6.10. The zero-order valence-electron chi connectivity index (χ0n) is 10.6. The Labute approximate surface area is 117 Å². The van der Waals surface area contributed by atoms with E-state index in [9.17, 15) is 4.79 Å². The highest BCUT2D eigenvalue weighted by Crippen LogP contribution is 2.24. The Morgan fingerprint density at radius 1 is 1.11 bits per heavy atom. The number of anilines is 1. The van der Waals surface area contributed by atoms with Crippen molar-refractivity contribution in [2.24, 2.45) is 0 Å². The Morgan fingerprint density at radius 2 is 1.84 bits per heavy atom. The van der Waals surface area contributed by atoms with E-state index >= 15 is 0 Å². The molecule has 0 atom stereocenters. The van der Waals surface area contributed by atoms with Gasteiger partial charge in [-0.3, -0.25) is 0 Å². The van der Waals surface area contributed by atoms with Crippen LogP contribution in [0.15, 0.2) is 48.5 Å². The van der Waals surface area contributed by atoms with E-state index in [-0.39, 0.29) is 6.03 Å². The lowest BCUT2D eigenvalue weighted by Crippen LogP contribution is -2.28. The summed E-state index contributed by atoms with van der Waals surface area (Å²) in [5.74, 6) is 0. The van der Waals surface area contributed by atoms with E-state index < -0.39 is 0 Å². The lowest BCUT2D eigenvalue weighted by Gasteiger charge is -2.11. The van der Waals surface area contributed by atoms with Crippen LogP contribution in [0.1, 0.15) is 11.1 Å². The van der Waals surface area contributed by atoms with Gasteiger partial charge in [0.15, 0.2) is 0 Å². The number of para-hydroxylation sites is 1. The highest BCUT2D eigenvalue weighted by molar-refractivity contribution is 6.33. The van der Waals surface area contributed by atoms with Crippen molar-refractivity contribution in [1.29, 1.82) is 0 Å². The second kappa shape index (κ2) is 6.25. The molecular formula is C15H15ClN2O. The molecule has 0 aliphatic carbocycles. The molecule has 0 radical (unpaired) electrons. The molecule has 2 aromatic carbocycles. The first-order chi connectivity index (χ1) is 9.16. The van der Waals surface area contributed by atoms with Gasteiger partial charge in [-0.25, -0.2) is 4.79 Å². The number of carbonyl (C=O) groups excluding carboxylic acids is 1. The van der Waals surface area contributed by atoms with E-state index in [2.05, 4.69) is 10.6 Å². The SMILES string of the molecule is Cc1cccc(Cl)c1NC(=O)NCc1ccccc1. The molecule has 3 nitrogen and oxygen atoms in total. The second-order valence-electron chi connectivity index (χ2n) is 4.23. The van der Waals surface area contributed by atoms with Crippen LogP contribution in [0, 0.1) is 6.92 Å². The maximum atomic E-state index is 11.8. The largest absolute Gasteiger partial charge is 0.334 e. The fraction of sp³-hybridized carbons (Fsp3) is 0.133. The Hall–Kier alpha value is -2.00. The van der Waals surface area contributed by atoms with Crippen LogP contribution < -0.4 is 10.6 Å². The number of amides is 2. The molecule has 0 unspecified atom stereocenters. The zero-order chi connectivity index (χ0) is 13.7. The maximum Gasteiger partial charge on any atom is 0.319 e. The number of nitrogens with one attached hydrogen (secondary N) is 2. The van der Waals surface area contributed by atoms with E-state index in [1.165, 1.54) is 0 Å². The number of halogens is 1. The van der Waals surface area contributed by atoms with Crippen molar-refractivity contribution in [2.45, 2.75) is 13.5 Å². The molecule has 19 heavy (non-hydrogen) atoms. The second-order valence-corrected chi connectivity index (χ2v) is 4.63. The molecule has 2 amide bonds.